The number of amides is 1. The first-order valence-electron chi connectivity index (χ1n) is 8.93. The molecule has 0 bridgehead atoms. The molecule has 6 nitrogen and oxygen atoms in total. The van der Waals surface area contributed by atoms with E-state index in [0.29, 0.717) is 13.1 Å². The molecule has 6 heteroatoms. The molecule has 1 amide bonds. The van der Waals surface area contributed by atoms with Crippen LogP contribution in [0.15, 0.2) is 52.0 Å². The first-order chi connectivity index (χ1) is 12.2. The van der Waals surface area contributed by atoms with Gasteiger partial charge in [-0.15, -0.1) is 0 Å². The molecule has 2 aromatic heterocycles. The van der Waals surface area contributed by atoms with E-state index in [0.717, 1.165) is 18.8 Å². The van der Waals surface area contributed by atoms with E-state index in [-0.39, 0.29) is 23.9 Å². The number of carbonyl (C=O) groups excluding carboxylic acids is 1. The second-order valence-corrected chi connectivity index (χ2v) is 6.41. The summed E-state index contributed by atoms with van der Waals surface area (Å²) in [6, 6.07) is 8.92. The minimum atomic E-state index is -0.0860. The molecule has 3 rings (SSSR count). The van der Waals surface area contributed by atoms with Crippen molar-refractivity contribution in [2.75, 3.05) is 19.6 Å². The minimum Gasteiger partial charge on any atom is -0.468 e. The van der Waals surface area contributed by atoms with Crippen molar-refractivity contribution in [1.29, 1.82) is 0 Å². The number of hydrogen-bond acceptors (Lipinski definition) is 4. The van der Waals surface area contributed by atoms with Gasteiger partial charge in [0.15, 0.2) is 0 Å². The summed E-state index contributed by atoms with van der Waals surface area (Å²) in [4.78, 5) is 26.3. The molecule has 1 saturated heterocycles. The van der Waals surface area contributed by atoms with Gasteiger partial charge in [-0.05, 0) is 44.1 Å². The molecule has 1 unspecified atom stereocenters. The van der Waals surface area contributed by atoms with Gasteiger partial charge in [-0.1, -0.05) is 12.5 Å². The molecular weight excluding hydrogens is 318 g/mol. The van der Waals surface area contributed by atoms with E-state index in [2.05, 4.69) is 10.2 Å². The van der Waals surface area contributed by atoms with Crippen LogP contribution in [0.1, 0.15) is 37.5 Å². The number of rotatable bonds is 7. The number of pyridine rings is 1. The maximum Gasteiger partial charge on any atom is 0.250 e. The van der Waals surface area contributed by atoms with Gasteiger partial charge in [-0.25, -0.2) is 0 Å². The number of aromatic nitrogens is 1. The zero-order chi connectivity index (χ0) is 17.5. The lowest BCUT2D eigenvalue weighted by Gasteiger charge is -2.33. The highest BCUT2D eigenvalue weighted by Gasteiger charge is 2.24. The molecule has 0 spiro atoms. The lowest BCUT2D eigenvalue weighted by atomic mass is 10.1. The summed E-state index contributed by atoms with van der Waals surface area (Å²) in [6.07, 6.45) is 7.30. The maximum atomic E-state index is 12.2. The zero-order valence-electron chi connectivity index (χ0n) is 14.4. The Kier molecular flexibility index (Phi) is 6.06. The van der Waals surface area contributed by atoms with Gasteiger partial charge in [-0.3, -0.25) is 14.5 Å². The van der Waals surface area contributed by atoms with Gasteiger partial charge in [0.25, 0.3) is 5.56 Å². The van der Waals surface area contributed by atoms with E-state index in [9.17, 15) is 9.59 Å². The SMILES string of the molecule is O=C(CCn1ccccc1=O)NCC(c1ccco1)N1CCCCC1. The molecule has 0 radical (unpaired) electrons. The number of aryl methyl sites for hydroxylation is 1. The number of furan rings is 1. The first-order valence-corrected chi connectivity index (χ1v) is 8.93. The van der Waals surface area contributed by atoms with Crippen LogP contribution in [0.25, 0.3) is 0 Å². The van der Waals surface area contributed by atoms with Gasteiger partial charge in [0.2, 0.25) is 5.91 Å². The van der Waals surface area contributed by atoms with Crippen molar-refractivity contribution in [1.82, 2.24) is 14.8 Å². The van der Waals surface area contributed by atoms with E-state index in [1.165, 1.54) is 25.3 Å². The summed E-state index contributed by atoms with van der Waals surface area (Å²) < 4.78 is 7.14. The maximum absolute atomic E-state index is 12.2. The fraction of sp³-hybridized carbons (Fsp3) is 0.474. The molecule has 1 N–H and O–H groups in total. The molecule has 0 aromatic carbocycles. The van der Waals surface area contributed by atoms with Crippen molar-refractivity contribution in [3.63, 3.8) is 0 Å². The summed E-state index contributed by atoms with van der Waals surface area (Å²) in [7, 11) is 0. The summed E-state index contributed by atoms with van der Waals surface area (Å²) >= 11 is 0. The van der Waals surface area contributed by atoms with Gasteiger partial charge in [0.1, 0.15) is 5.76 Å². The Morgan fingerprint density at radius 1 is 1.16 bits per heavy atom. The number of carbonyl (C=O) groups is 1. The monoisotopic (exact) mass is 343 g/mol. The van der Waals surface area contributed by atoms with E-state index in [4.69, 9.17) is 4.42 Å². The van der Waals surface area contributed by atoms with Crippen molar-refractivity contribution in [3.8, 4) is 0 Å². The second kappa shape index (κ2) is 8.67. The van der Waals surface area contributed by atoms with Crippen LogP contribution < -0.4 is 10.9 Å². The van der Waals surface area contributed by atoms with Gasteiger partial charge in [-0.2, -0.15) is 0 Å². The lowest BCUT2D eigenvalue weighted by molar-refractivity contribution is -0.121. The average Bonchev–Trinajstić information content (AvgIpc) is 3.16. The van der Waals surface area contributed by atoms with Crippen LogP contribution in [0, 0.1) is 0 Å². The number of likely N-dealkylation sites (tertiary alicyclic amines) is 1. The highest BCUT2D eigenvalue weighted by atomic mass is 16.3. The third-order valence-electron chi connectivity index (χ3n) is 4.67. The quantitative estimate of drug-likeness (QED) is 0.837. The third kappa shape index (κ3) is 4.82. The first kappa shape index (κ1) is 17.5. The lowest BCUT2D eigenvalue weighted by Crippen LogP contribution is -2.40. The Morgan fingerprint density at radius 3 is 2.72 bits per heavy atom. The van der Waals surface area contributed by atoms with Crippen LogP contribution in [-0.2, 0) is 11.3 Å². The highest BCUT2D eigenvalue weighted by Crippen LogP contribution is 2.24. The number of hydrogen-bond donors (Lipinski definition) is 1. The minimum absolute atomic E-state index is 0.0516. The van der Waals surface area contributed by atoms with E-state index in [1.54, 1.807) is 29.2 Å². The average molecular weight is 343 g/mol. The van der Waals surface area contributed by atoms with Crippen molar-refractivity contribution < 1.29 is 9.21 Å². The third-order valence-corrected chi connectivity index (χ3v) is 4.67. The molecule has 3 heterocycles. The Bertz CT molecular complexity index is 718. The van der Waals surface area contributed by atoms with Crippen LogP contribution >= 0.6 is 0 Å². The number of nitrogens with zero attached hydrogens (tertiary/aromatic N) is 2. The van der Waals surface area contributed by atoms with Crippen LogP contribution in [0.5, 0.6) is 0 Å². The second-order valence-electron chi connectivity index (χ2n) is 6.41. The number of nitrogens with one attached hydrogen (secondary N) is 1. The van der Waals surface area contributed by atoms with Gasteiger partial charge >= 0.3 is 0 Å². The zero-order valence-corrected chi connectivity index (χ0v) is 14.4. The molecule has 1 fully saturated rings. The predicted octanol–water partition coefficient (Wildman–Crippen LogP) is 2.17. The van der Waals surface area contributed by atoms with E-state index >= 15 is 0 Å². The normalized spacial score (nSPS) is 16.5. The molecule has 1 aliphatic heterocycles. The van der Waals surface area contributed by atoms with Crippen molar-refractivity contribution in [2.45, 2.75) is 38.3 Å². The highest BCUT2D eigenvalue weighted by molar-refractivity contribution is 5.75. The smallest absolute Gasteiger partial charge is 0.250 e. The van der Waals surface area contributed by atoms with Crippen molar-refractivity contribution in [2.24, 2.45) is 0 Å². The molecular formula is C19H25N3O3. The summed E-state index contributed by atoms with van der Waals surface area (Å²) in [6.45, 7) is 2.97. The topological polar surface area (TPSA) is 67.5 Å². The fourth-order valence-electron chi connectivity index (χ4n) is 3.29. The summed E-state index contributed by atoms with van der Waals surface area (Å²) in [5.41, 5.74) is -0.0860. The van der Waals surface area contributed by atoms with Crippen LogP contribution in [0.3, 0.4) is 0 Å². The van der Waals surface area contributed by atoms with Crippen LogP contribution in [-0.4, -0.2) is 35.0 Å². The van der Waals surface area contributed by atoms with Gasteiger partial charge < -0.3 is 14.3 Å². The molecule has 25 heavy (non-hydrogen) atoms. The fourth-order valence-corrected chi connectivity index (χ4v) is 3.29. The molecule has 1 aliphatic rings. The summed E-state index contributed by atoms with van der Waals surface area (Å²) in [5.74, 6) is 0.839. The van der Waals surface area contributed by atoms with E-state index < -0.39 is 0 Å². The largest absolute Gasteiger partial charge is 0.468 e. The van der Waals surface area contributed by atoms with Gasteiger partial charge in [0, 0.05) is 31.8 Å². The number of piperidine rings is 1. The van der Waals surface area contributed by atoms with Gasteiger partial charge in [0.05, 0.1) is 12.3 Å². The molecule has 1 atom stereocenters. The molecule has 2 aromatic rings. The molecule has 0 saturated carbocycles. The van der Waals surface area contributed by atoms with Crippen LogP contribution in [0.4, 0.5) is 0 Å². The van der Waals surface area contributed by atoms with Crippen LogP contribution in [0.2, 0.25) is 0 Å². The Labute approximate surface area is 147 Å². The van der Waals surface area contributed by atoms with Crippen molar-refractivity contribution in [3.05, 3.63) is 58.9 Å². The Balaban J connectivity index is 1.54. The Morgan fingerprint density at radius 2 is 2.00 bits per heavy atom. The predicted molar refractivity (Wildman–Crippen MR) is 95.2 cm³/mol. The molecule has 134 valence electrons. The van der Waals surface area contributed by atoms with Crippen molar-refractivity contribution >= 4 is 5.91 Å². The Hall–Kier alpha value is -2.34. The molecule has 0 aliphatic carbocycles. The summed E-state index contributed by atoms with van der Waals surface area (Å²) in [5, 5.41) is 3.00. The van der Waals surface area contributed by atoms with E-state index in [1.807, 2.05) is 12.1 Å². The standard InChI is InChI=1S/C19H25N3O3/c23-18(9-13-22-12-5-2-8-19(22)24)20-15-16(17-7-6-14-25-17)21-10-3-1-4-11-21/h2,5-8,12,14,16H,1,3-4,9-11,13,15H2,(H,20,23).